The topological polar surface area (TPSA) is 20.2 Å². The van der Waals surface area contributed by atoms with Crippen LogP contribution in [0.5, 0.6) is 0 Å². The summed E-state index contributed by atoms with van der Waals surface area (Å²) in [5, 5.41) is 0.154. The van der Waals surface area contributed by atoms with Gasteiger partial charge in [0, 0.05) is 0 Å². The van der Waals surface area contributed by atoms with E-state index >= 15 is 0 Å². The van der Waals surface area contributed by atoms with Crippen molar-refractivity contribution in [2.75, 3.05) is 0 Å². The fraction of sp³-hybridized carbons (Fsp3) is 1.00. The van der Waals surface area contributed by atoms with Crippen LogP contribution in [0.1, 0.15) is 34.1 Å². The van der Waals surface area contributed by atoms with Gasteiger partial charge in [-0.25, -0.2) is 0 Å². The van der Waals surface area contributed by atoms with Gasteiger partial charge in [-0.3, -0.25) is 0 Å². The van der Waals surface area contributed by atoms with Gasteiger partial charge in [0.2, 0.25) is 0 Å². The molecule has 0 bridgehead atoms. The average Bonchev–Trinajstić information content (AvgIpc) is 1.56. The standard InChI is InChI=1S/C9H22OSi/c1-8(2)7-9(3,4)11(5,6)10/h8,10H,7H2,1-6H3. The third kappa shape index (κ3) is 3.39. The molecule has 11 heavy (non-hydrogen) atoms. The molecule has 0 aliphatic carbocycles. The smallest absolute Gasteiger partial charge is 0.188 e. The molecule has 1 nitrogen and oxygen atoms in total. The molecule has 0 aromatic carbocycles. The van der Waals surface area contributed by atoms with E-state index < -0.39 is 8.32 Å². The maximum atomic E-state index is 9.93. The minimum absolute atomic E-state index is 0.154. The number of hydrogen-bond donors (Lipinski definition) is 1. The normalized spacial score (nSPS) is 14.2. The first-order valence-corrected chi connectivity index (χ1v) is 7.34. The van der Waals surface area contributed by atoms with Crippen LogP contribution in [0.2, 0.25) is 18.1 Å². The first-order chi connectivity index (χ1) is 4.67. The summed E-state index contributed by atoms with van der Waals surface area (Å²) in [5.41, 5.74) is 0. The van der Waals surface area contributed by atoms with Gasteiger partial charge < -0.3 is 4.80 Å². The van der Waals surface area contributed by atoms with Crippen molar-refractivity contribution >= 4 is 8.32 Å². The van der Waals surface area contributed by atoms with Gasteiger partial charge in [-0.2, -0.15) is 0 Å². The van der Waals surface area contributed by atoms with Gasteiger partial charge in [-0.15, -0.1) is 0 Å². The Labute approximate surface area is 72.0 Å². The molecule has 1 N–H and O–H groups in total. The minimum Gasteiger partial charge on any atom is -0.432 e. The van der Waals surface area contributed by atoms with Crippen molar-refractivity contribution in [2.24, 2.45) is 5.92 Å². The second-order valence-electron chi connectivity index (χ2n) is 5.04. The van der Waals surface area contributed by atoms with Gasteiger partial charge >= 0.3 is 0 Å². The van der Waals surface area contributed by atoms with E-state index in [1.54, 1.807) is 0 Å². The summed E-state index contributed by atoms with van der Waals surface area (Å²) in [6, 6.07) is 0. The number of rotatable bonds is 3. The first kappa shape index (κ1) is 11.2. The Balaban J connectivity index is 4.22. The van der Waals surface area contributed by atoms with Crippen LogP contribution >= 0.6 is 0 Å². The lowest BCUT2D eigenvalue weighted by Crippen LogP contribution is -2.39. The first-order valence-electron chi connectivity index (χ1n) is 4.39. The van der Waals surface area contributed by atoms with Crippen molar-refractivity contribution in [3.8, 4) is 0 Å². The summed E-state index contributed by atoms with van der Waals surface area (Å²) in [4.78, 5) is 9.93. The molecule has 0 aromatic rings. The fourth-order valence-corrected chi connectivity index (χ4v) is 2.18. The minimum atomic E-state index is -1.95. The molecule has 0 spiro atoms. The predicted octanol–water partition coefficient (Wildman–Crippen LogP) is 3.01. The van der Waals surface area contributed by atoms with Crippen LogP contribution in [0.3, 0.4) is 0 Å². The molecule has 0 unspecified atom stereocenters. The summed E-state index contributed by atoms with van der Waals surface area (Å²) < 4.78 is 0. The Morgan fingerprint density at radius 1 is 1.27 bits per heavy atom. The van der Waals surface area contributed by atoms with E-state index in [4.69, 9.17) is 0 Å². The lowest BCUT2D eigenvalue weighted by molar-refractivity contribution is 0.406. The molecule has 0 saturated carbocycles. The van der Waals surface area contributed by atoms with Crippen LogP contribution in [0.4, 0.5) is 0 Å². The van der Waals surface area contributed by atoms with E-state index in [1.807, 2.05) is 13.1 Å². The van der Waals surface area contributed by atoms with E-state index in [1.165, 1.54) is 0 Å². The van der Waals surface area contributed by atoms with Crippen LogP contribution in [-0.4, -0.2) is 13.1 Å². The highest BCUT2D eigenvalue weighted by Gasteiger charge is 2.37. The van der Waals surface area contributed by atoms with Crippen LogP contribution < -0.4 is 0 Å². The third-order valence-electron chi connectivity index (χ3n) is 2.57. The van der Waals surface area contributed by atoms with Gasteiger partial charge in [-0.1, -0.05) is 27.7 Å². The monoisotopic (exact) mass is 174 g/mol. The Kier molecular flexibility index (Phi) is 3.33. The highest BCUT2D eigenvalue weighted by molar-refractivity contribution is 6.72. The van der Waals surface area contributed by atoms with Crippen molar-refractivity contribution in [1.29, 1.82) is 0 Å². The Morgan fingerprint density at radius 2 is 1.64 bits per heavy atom. The van der Waals surface area contributed by atoms with E-state index in [0.29, 0.717) is 5.92 Å². The summed E-state index contributed by atoms with van der Waals surface area (Å²) in [5.74, 6) is 0.684. The molecule has 0 fully saturated rings. The molecular weight excluding hydrogens is 152 g/mol. The van der Waals surface area contributed by atoms with Gasteiger partial charge in [0.15, 0.2) is 8.32 Å². The second-order valence-corrected chi connectivity index (χ2v) is 9.51. The van der Waals surface area contributed by atoms with Crippen molar-refractivity contribution < 1.29 is 4.80 Å². The third-order valence-corrected chi connectivity index (χ3v) is 6.09. The number of hydrogen-bond acceptors (Lipinski definition) is 1. The van der Waals surface area contributed by atoms with Crippen LogP contribution in [-0.2, 0) is 0 Å². The summed E-state index contributed by atoms with van der Waals surface area (Å²) in [6.45, 7) is 12.8. The highest BCUT2D eigenvalue weighted by Crippen LogP contribution is 2.40. The Hall–Kier alpha value is 0.177. The maximum Gasteiger partial charge on any atom is 0.188 e. The molecule has 0 aliphatic rings. The predicted molar refractivity (Wildman–Crippen MR) is 53.2 cm³/mol. The zero-order chi connectivity index (χ0) is 9.28. The Bertz CT molecular complexity index is 122. The van der Waals surface area contributed by atoms with Crippen molar-refractivity contribution in [1.82, 2.24) is 0 Å². The summed E-state index contributed by atoms with van der Waals surface area (Å²) >= 11 is 0. The molecule has 2 heteroatoms. The van der Waals surface area contributed by atoms with Crippen LogP contribution in [0, 0.1) is 5.92 Å². The molecule has 0 radical (unpaired) electrons. The van der Waals surface area contributed by atoms with Gasteiger partial charge in [0.25, 0.3) is 0 Å². The zero-order valence-corrected chi connectivity index (χ0v) is 9.73. The summed E-state index contributed by atoms with van der Waals surface area (Å²) in [7, 11) is -1.95. The van der Waals surface area contributed by atoms with Crippen LogP contribution in [0.25, 0.3) is 0 Å². The Morgan fingerprint density at radius 3 is 1.73 bits per heavy atom. The van der Waals surface area contributed by atoms with E-state index in [-0.39, 0.29) is 5.04 Å². The quantitative estimate of drug-likeness (QED) is 0.652. The molecule has 0 heterocycles. The van der Waals surface area contributed by atoms with E-state index in [2.05, 4.69) is 27.7 Å². The van der Waals surface area contributed by atoms with E-state index in [9.17, 15) is 4.80 Å². The lowest BCUT2D eigenvalue weighted by atomic mass is 10.00. The SMILES string of the molecule is CC(C)CC(C)(C)[Si](C)(C)O. The van der Waals surface area contributed by atoms with Crippen molar-refractivity contribution in [3.63, 3.8) is 0 Å². The average molecular weight is 174 g/mol. The molecule has 0 atom stereocenters. The van der Waals surface area contributed by atoms with Crippen molar-refractivity contribution in [2.45, 2.75) is 52.2 Å². The largest absolute Gasteiger partial charge is 0.432 e. The maximum absolute atomic E-state index is 9.93. The van der Waals surface area contributed by atoms with Gasteiger partial charge in [0.05, 0.1) is 0 Å². The fourth-order valence-electron chi connectivity index (χ4n) is 1.27. The molecule has 0 amide bonds. The molecule has 0 aromatic heterocycles. The van der Waals surface area contributed by atoms with Gasteiger partial charge in [-0.05, 0) is 30.5 Å². The van der Waals surface area contributed by atoms with Gasteiger partial charge in [0.1, 0.15) is 0 Å². The van der Waals surface area contributed by atoms with Crippen LogP contribution in [0.15, 0.2) is 0 Å². The van der Waals surface area contributed by atoms with Crippen molar-refractivity contribution in [3.05, 3.63) is 0 Å². The molecular formula is C9H22OSi. The zero-order valence-electron chi connectivity index (χ0n) is 8.73. The van der Waals surface area contributed by atoms with E-state index in [0.717, 1.165) is 6.42 Å². The second kappa shape index (κ2) is 3.28. The molecule has 0 saturated heterocycles. The molecule has 0 aliphatic heterocycles. The lowest BCUT2D eigenvalue weighted by Gasteiger charge is -2.36. The molecule has 0 rings (SSSR count). The molecule has 68 valence electrons. The highest BCUT2D eigenvalue weighted by atomic mass is 28.4. The summed E-state index contributed by atoms with van der Waals surface area (Å²) in [6.07, 6.45) is 1.13.